The predicted molar refractivity (Wildman–Crippen MR) is 130 cm³/mol. The van der Waals surface area contributed by atoms with Crippen LogP contribution in [0.25, 0.3) is 0 Å². The Hall–Kier alpha value is -3.76. The molecule has 0 spiro atoms. The Morgan fingerprint density at radius 1 is 1.26 bits per heavy atom. The van der Waals surface area contributed by atoms with Gasteiger partial charge in [0, 0.05) is 16.3 Å². The van der Waals surface area contributed by atoms with E-state index in [1.54, 1.807) is 37.3 Å². The van der Waals surface area contributed by atoms with Crippen LogP contribution in [0, 0.1) is 0 Å². The zero-order chi connectivity index (χ0) is 25.4. The molecule has 11 heteroatoms. The molecule has 0 radical (unpaired) electrons. The number of nitrogens with zero attached hydrogens (tertiary/aromatic N) is 1. The quantitative estimate of drug-likeness (QED) is 0.170. The van der Waals surface area contributed by atoms with E-state index >= 15 is 0 Å². The van der Waals surface area contributed by atoms with Gasteiger partial charge in [-0.15, -0.1) is 0 Å². The number of ether oxygens (including phenoxy) is 3. The molecule has 0 fully saturated rings. The first-order valence-corrected chi connectivity index (χ1v) is 11.2. The summed E-state index contributed by atoms with van der Waals surface area (Å²) in [7, 11) is 1.27. The molecule has 0 unspecified atom stereocenters. The molecule has 0 saturated carbocycles. The van der Waals surface area contributed by atoms with Crippen molar-refractivity contribution in [2.75, 3.05) is 20.3 Å². The average molecular weight is 503 g/mol. The maximum absolute atomic E-state index is 12.3. The lowest BCUT2D eigenvalue weighted by molar-refractivity contribution is -0.136. The van der Waals surface area contributed by atoms with Crippen LogP contribution in [0.4, 0.5) is 4.79 Å². The Bertz CT molecular complexity index is 1140. The molecule has 186 valence electrons. The van der Waals surface area contributed by atoms with Gasteiger partial charge in [-0.05, 0) is 37.6 Å². The largest absolute Gasteiger partial charge is 0.490 e. The van der Waals surface area contributed by atoms with E-state index in [0.29, 0.717) is 40.0 Å². The first-order chi connectivity index (χ1) is 16.8. The molecule has 2 amide bonds. The SMILES string of the molecule is CCOc1cc([C@@H]2NC(=O)NC(C)=C2C(=O)OC)ccc1OC[C@H](O)N/N=C\c1ccccc1Cl. The van der Waals surface area contributed by atoms with Gasteiger partial charge in [-0.2, -0.15) is 5.10 Å². The van der Waals surface area contributed by atoms with Crippen LogP contribution in [0.2, 0.25) is 5.02 Å². The van der Waals surface area contributed by atoms with Crippen molar-refractivity contribution in [3.63, 3.8) is 0 Å². The average Bonchev–Trinajstić information content (AvgIpc) is 2.83. The summed E-state index contributed by atoms with van der Waals surface area (Å²) in [6.07, 6.45) is 0.386. The molecule has 0 bridgehead atoms. The number of nitrogens with one attached hydrogen (secondary N) is 3. The van der Waals surface area contributed by atoms with Crippen LogP contribution in [0.1, 0.15) is 31.0 Å². The highest BCUT2D eigenvalue weighted by atomic mass is 35.5. The maximum Gasteiger partial charge on any atom is 0.337 e. The number of methoxy groups -OCH3 is 1. The Balaban J connectivity index is 1.72. The molecular weight excluding hydrogens is 476 g/mol. The summed E-state index contributed by atoms with van der Waals surface area (Å²) in [4.78, 5) is 24.4. The number of urea groups is 1. The van der Waals surface area contributed by atoms with Crippen LogP contribution in [0.5, 0.6) is 11.5 Å². The number of halogens is 1. The number of allylic oxidation sites excluding steroid dienone is 1. The minimum Gasteiger partial charge on any atom is -0.490 e. The third-order valence-electron chi connectivity index (χ3n) is 5.00. The summed E-state index contributed by atoms with van der Waals surface area (Å²) in [5, 5.41) is 20.0. The van der Waals surface area contributed by atoms with E-state index < -0.39 is 24.3 Å². The highest BCUT2D eigenvalue weighted by Crippen LogP contribution is 2.34. The van der Waals surface area contributed by atoms with Gasteiger partial charge in [-0.3, -0.25) is 5.43 Å². The summed E-state index contributed by atoms with van der Waals surface area (Å²) < 4.78 is 16.3. The second-order valence-electron chi connectivity index (χ2n) is 7.44. The van der Waals surface area contributed by atoms with Crippen molar-refractivity contribution in [1.29, 1.82) is 0 Å². The van der Waals surface area contributed by atoms with Crippen molar-refractivity contribution in [1.82, 2.24) is 16.1 Å². The third-order valence-corrected chi connectivity index (χ3v) is 5.35. The normalized spacial score (nSPS) is 16.4. The highest BCUT2D eigenvalue weighted by molar-refractivity contribution is 6.33. The van der Waals surface area contributed by atoms with Crippen LogP contribution >= 0.6 is 11.6 Å². The van der Waals surface area contributed by atoms with Crippen molar-refractivity contribution in [3.8, 4) is 11.5 Å². The zero-order valence-electron chi connectivity index (χ0n) is 19.5. The molecule has 10 nitrogen and oxygen atoms in total. The van der Waals surface area contributed by atoms with Gasteiger partial charge in [0.2, 0.25) is 0 Å². The van der Waals surface area contributed by atoms with Gasteiger partial charge in [0.05, 0.1) is 31.5 Å². The van der Waals surface area contributed by atoms with E-state index in [0.717, 1.165) is 0 Å². The first-order valence-electron chi connectivity index (χ1n) is 10.8. The molecule has 4 N–H and O–H groups in total. The second kappa shape index (κ2) is 12.1. The van der Waals surface area contributed by atoms with Crippen molar-refractivity contribution >= 4 is 29.8 Å². The Labute approximate surface area is 207 Å². The van der Waals surface area contributed by atoms with Crippen molar-refractivity contribution in [2.24, 2.45) is 5.10 Å². The van der Waals surface area contributed by atoms with Crippen molar-refractivity contribution in [3.05, 3.63) is 69.9 Å². The number of aliphatic hydroxyl groups is 1. The van der Waals surface area contributed by atoms with Gasteiger partial charge >= 0.3 is 12.0 Å². The standard InChI is InChI=1S/C24H27ClN4O6/c1-4-34-19-11-15(22-21(23(31)33-3)14(2)27-24(32)28-22)9-10-18(19)35-13-20(30)29-26-12-16-7-5-6-8-17(16)25/h5-12,20,22,29-30H,4,13H2,1-3H3,(H2,27,28,32)/b26-12-/t20-,22-/m0/s1. The first kappa shape index (κ1) is 25.9. The minimum absolute atomic E-state index is 0.129. The number of aliphatic hydroxyl groups excluding tert-OH is 1. The number of amides is 2. The third kappa shape index (κ3) is 6.65. The van der Waals surface area contributed by atoms with Crippen LogP contribution < -0.4 is 25.5 Å². The summed E-state index contributed by atoms with van der Waals surface area (Å²) in [6, 6.07) is 11.0. The molecule has 0 aliphatic carbocycles. The summed E-state index contributed by atoms with van der Waals surface area (Å²) in [5.41, 5.74) is 4.54. The number of carbonyl (C=O) groups is 2. The number of carbonyl (C=O) groups excluding carboxylic acids is 2. The van der Waals surface area contributed by atoms with E-state index in [1.807, 2.05) is 19.1 Å². The molecule has 1 aliphatic rings. The van der Waals surface area contributed by atoms with E-state index in [2.05, 4.69) is 21.2 Å². The molecule has 1 aliphatic heterocycles. The van der Waals surface area contributed by atoms with Gasteiger partial charge in [-0.1, -0.05) is 35.9 Å². The van der Waals surface area contributed by atoms with E-state index in [1.165, 1.54) is 13.3 Å². The number of rotatable bonds is 10. The van der Waals surface area contributed by atoms with Gasteiger partial charge in [-0.25, -0.2) is 9.59 Å². The molecular formula is C24H27ClN4O6. The van der Waals surface area contributed by atoms with Gasteiger partial charge in [0.15, 0.2) is 17.7 Å². The van der Waals surface area contributed by atoms with Crippen molar-refractivity contribution < 1.29 is 28.9 Å². The summed E-state index contributed by atoms with van der Waals surface area (Å²) in [5.74, 6) is 0.184. The predicted octanol–water partition coefficient (Wildman–Crippen LogP) is 2.86. The number of hydrogen-bond acceptors (Lipinski definition) is 8. The Morgan fingerprint density at radius 3 is 2.74 bits per heavy atom. The molecule has 35 heavy (non-hydrogen) atoms. The zero-order valence-corrected chi connectivity index (χ0v) is 20.3. The molecule has 1 heterocycles. The monoisotopic (exact) mass is 502 g/mol. The molecule has 2 atom stereocenters. The van der Waals surface area contributed by atoms with Crippen LogP contribution in [-0.4, -0.2) is 49.9 Å². The number of esters is 1. The number of hydrazone groups is 1. The molecule has 3 rings (SSSR count). The van der Waals surface area contributed by atoms with Gasteiger partial charge < -0.3 is 30.0 Å². The fourth-order valence-electron chi connectivity index (χ4n) is 3.39. The lowest BCUT2D eigenvalue weighted by Crippen LogP contribution is -2.45. The fourth-order valence-corrected chi connectivity index (χ4v) is 3.58. The van der Waals surface area contributed by atoms with Crippen LogP contribution in [0.3, 0.4) is 0 Å². The fraction of sp³-hybridized carbons (Fsp3) is 0.292. The molecule has 0 saturated heterocycles. The van der Waals surface area contributed by atoms with E-state index in [9.17, 15) is 14.7 Å². The van der Waals surface area contributed by atoms with Crippen molar-refractivity contribution in [2.45, 2.75) is 26.1 Å². The highest BCUT2D eigenvalue weighted by Gasteiger charge is 2.32. The molecule has 2 aromatic rings. The number of benzene rings is 2. The van der Waals surface area contributed by atoms with Gasteiger partial charge in [0.1, 0.15) is 6.61 Å². The van der Waals surface area contributed by atoms with Crippen LogP contribution in [-0.2, 0) is 9.53 Å². The second-order valence-corrected chi connectivity index (χ2v) is 7.84. The molecule has 2 aromatic carbocycles. The topological polar surface area (TPSA) is 131 Å². The molecule has 0 aromatic heterocycles. The lowest BCUT2D eigenvalue weighted by atomic mass is 9.95. The summed E-state index contributed by atoms with van der Waals surface area (Å²) in [6.45, 7) is 3.66. The van der Waals surface area contributed by atoms with E-state index in [4.69, 9.17) is 25.8 Å². The Kier molecular flexibility index (Phi) is 8.93. The van der Waals surface area contributed by atoms with Crippen LogP contribution in [0.15, 0.2) is 58.8 Å². The van der Waals surface area contributed by atoms with Gasteiger partial charge in [0.25, 0.3) is 0 Å². The number of hydrogen-bond donors (Lipinski definition) is 4. The Morgan fingerprint density at radius 2 is 2.03 bits per heavy atom. The maximum atomic E-state index is 12.3. The minimum atomic E-state index is -1.11. The smallest absolute Gasteiger partial charge is 0.337 e. The summed E-state index contributed by atoms with van der Waals surface area (Å²) >= 11 is 6.07. The lowest BCUT2D eigenvalue weighted by Gasteiger charge is -2.28. The van der Waals surface area contributed by atoms with E-state index in [-0.39, 0.29) is 12.2 Å².